The molecule has 0 aliphatic heterocycles. The molecule has 6 heteroatoms. The van der Waals surface area contributed by atoms with Gasteiger partial charge in [0.15, 0.2) is 0 Å². The van der Waals surface area contributed by atoms with E-state index in [0.29, 0.717) is 0 Å². The van der Waals surface area contributed by atoms with E-state index in [2.05, 4.69) is 215 Å². The van der Waals surface area contributed by atoms with Gasteiger partial charge in [0.2, 0.25) is 0 Å². The molecule has 0 aliphatic carbocycles. The van der Waals surface area contributed by atoms with Gasteiger partial charge in [0.05, 0.1) is 28.4 Å². The lowest BCUT2D eigenvalue weighted by Crippen LogP contribution is -2.29. The van der Waals surface area contributed by atoms with Gasteiger partial charge >= 0.3 is 0 Å². The number of hydrogen-bond acceptors (Lipinski definition) is 4. The lowest BCUT2D eigenvalue weighted by Gasteiger charge is -2.35. The molecule has 0 radical (unpaired) electrons. The van der Waals surface area contributed by atoms with E-state index < -0.39 is 15.8 Å². The average Bonchev–Trinajstić information content (AvgIpc) is 3.17. The highest BCUT2D eigenvalue weighted by atomic mass is 31.1. The quantitative estimate of drug-likeness (QED) is 0.140. The number of benzene rings is 4. The Balaban J connectivity index is 2.31. The summed E-state index contributed by atoms with van der Waals surface area (Å²) in [6.07, 6.45) is 1.98. The molecule has 0 atom stereocenters. The van der Waals surface area contributed by atoms with E-state index in [4.69, 9.17) is 18.9 Å². The summed E-state index contributed by atoms with van der Waals surface area (Å²) in [5, 5.41) is 5.60. The zero-order valence-electron chi connectivity index (χ0n) is 48.6. The summed E-state index contributed by atoms with van der Waals surface area (Å²) in [5.41, 5.74) is 8.93. The highest BCUT2D eigenvalue weighted by molar-refractivity contribution is 7.76. The molecule has 0 aromatic heterocycles. The maximum absolute atomic E-state index is 6.41. The third kappa shape index (κ3) is 12.7. The Kier molecular flexibility index (Phi) is 16.8. The molecule has 4 rings (SSSR count). The van der Waals surface area contributed by atoms with Crippen molar-refractivity contribution in [1.29, 1.82) is 0 Å². The summed E-state index contributed by atoms with van der Waals surface area (Å²) in [7, 11) is 5.53. The fourth-order valence-corrected chi connectivity index (χ4v) is 14.9. The first-order valence-corrected chi connectivity index (χ1v) is 28.1. The minimum Gasteiger partial charge on any atom is -0.496 e. The Morgan fingerprint density at radius 2 is 0.368 bits per heavy atom. The van der Waals surface area contributed by atoms with E-state index >= 15 is 0 Å². The molecule has 378 valence electrons. The van der Waals surface area contributed by atoms with Crippen LogP contribution in [-0.2, 0) is 43.3 Å². The molecule has 4 aromatic carbocycles. The second kappa shape index (κ2) is 19.9. The molecule has 0 aliphatic rings. The zero-order chi connectivity index (χ0) is 52.3. The second-order valence-corrected chi connectivity index (χ2v) is 32.3. The molecule has 0 unspecified atom stereocenters. The van der Waals surface area contributed by atoms with Gasteiger partial charge in [-0.25, -0.2) is 0 Å². The molecule has 0 fully saturated rings. The van der Waals surface area contributed by atoms with Crippen LogP contribution < -0.4 is 40.2 Å². The van der Waals surface area contributed by atoms with Gasteiger partial charge in [-0.3, -0.25) is 0 Å². The zero-order valence-corrected chi connectivity index (χ0v) is 50.3. The number of methoxy groups -OCH3 is 4. The predicted octanol–water partition coefficient (Wildman–Crippen LogP) is 15.7. The van der Waals surface area contributed by atoms with Crippen molar-refractivity contribution in [3.63, 3.8) is 0 Å². The molecule has 4 nitrogen and oxygen atoms in total. The molecule has 0 N–H and O–H groups in total. The Morgan fingerprint density at radius 1 is 0.250 bits per heavy atom. The normalized spacial score (nSPS) is 13.7. The molecule has 4 aromatic rings. The van der Waals surface area contributed by atoms with Crippen LogP contribution in [0.1, 0.15) is 211 Å². The first kappa shape index (κ1) is 57.5. The van der Waals surface area contributed by atoms with Crippen LogP contribution in [0, 0.1) is 0 Å². The van der Waals surface area contributed by atoms with Gasteiger partial charge in [-0.05, 0) is 141 Å². The maximum Gasteiger partial charge on any atom is 0.126 e. The van der Waals surface area contributed by atoms with Gasteiger partial charge in [-0.1, -0.05) is 166 Å². The molecule has 0 spiro atoms. The van der Waals surface area contributed by atoms with E-state index in [0.717, 1.165) is 35.3 Å². The van der Waals surface area contributed by atoms with E-state index in [1.54, 1.807) is 0 Å². The minimum absolute atomic E-state index is 0.145. The van der Waals surface area contributed by atoms with Crippen LogP contribution in [0.2, 0.25) is 0 Å². The van der Waals surface area contributed by atoms with Crippen LogP contribution in [0.25, 0.3) is 0 Å². The van der Waals surface area contributed by atoms with Crippen molar-refractivity contribution in [2.45, 2.75) is 209 Å². The summed E-state index contributed by atoms with van der Waals surface area (Å²) < 4.78 is 25.6. The van der Waals surface area contributed by atoms with Gasteiger partial charge in [0.25, 0.3) is 0 Å². The third-order valence-corrected chi connectivity index (χ3v) is 18.6. The SMILES string of the molecule is COc1c(C(C)(C)C)cc(P(CCP(c2cc(C(C)(C)C)c(OC)c(C(C)(C)C)c2)c2cc(C(C)(C)C)c(OC)c(C(C)(C)C)c2)c2cc(C(C)(C)C)c(OC)c(C(C)(C)C)c2)cc1C(C)(C)C. The molecule has 0 amide bonds. The maximum atomic E-state index is 6.41. The Hall–Kier alpha value is -3.06. The van der Waals surface area contributed by atoms with Crippen molar-refractivity contribution in [3.8, 4) is 23.0 Å². The van der Waals surface area contributed by atoms with Crippen molar-refractivity contribution in [2.75, 3.05) is 40.8 Å². The highest BCUT2D eigenvalue weighted by Crippen LogP contribution is 2.51. The summed E-state index contributed by atoms with van der Waals surface area (Å²) in [6.45, 7) is 56.0. The van der Waals surface area contributed by atoms with Crippen LogP contribution in [0.15, 0.2) is 48.5 Å². The predicted molar refractivity (Wildman–Crippen MR) is 304 cm³/mol. The first-order chi connectivity index (χ1) is 30.6. The monoisotopic (exact) mass is 967 g/mol. The Morgan fingerprint density at radius 3 is 0.456 bits per heavy atom. The first-order valence-electron chi connectivity index (χ1n) is 25.1. The number of hydrogen-bond donors (Lipinski definition) is 0. The van der Waals surface area contributed by atoms with Gasteiger partial charge in [0, 0.05) is 44.5 Å². The van der Waals surface area contributed by atoms with E-state index in [-0.39, 0.29) is 43.3 Å². The van der Waals surface area contributed by atoms with Gasteiger partial charge < -0.3 is 18.9 Å². The van der Waals surface area contributed by atoms with E-state index in [9.17, 15) is 0 Å². The highest BCUT2D eigenvalue weighted by Gasteiger charge is 2.36. The fraction of sp³-hybridized carbons (Fsp3) is 0.613. The molecule has 0 saturated carbocycles. The largest absolute Gasteiger partial charge is 0.496 e. The lowest BCUT2D eigenvalue weighted by atomic mass is 9.79. The number of ether oxygens (including phenoxy) is 4. The standard InChI is InChI=1S/C62H96O4P2/c1-55(2,3)43-31-39(32-44(51(43)63-25)56(4,5)6)67(40-33-45(57(7,8)9)52(64-26)46(34-40)58(10,11)12)29-30-68(41-35-47(59(13,14)15)53(65-27)48(36-41)60(16,17)18)42-37-49(61(19,20)21)54(66-28)50(38-42)62(22,23)24/h31-38H,29-30H2,1-28H3. The van der Waals surface area contributed by atoms with Crippen molar-refractivity contribution in [1.82, 2.24) is 0 Å². The Bertz CT molecular complexity index is 1940. The van der Waals surface area contributed by atoms with Crippen molar-refractivity contribution in [3.05, 3.63) is 93.0 Å². The van der Waals surface area contributed by atoms with Crippen LogP contribution in [0.4, 0.5) is 0 Å². The van der Waals surface area contributed by atoms with Crippen LogP contribution in [0.5, 0.6) is 23.0 Å². The molecule has 0 heterocycles. The summed E-state index contributed by atoms with van der Waals surface area (Å²) >= 11 is 0. The average molecular weight is 967 g/mol. The van der Waals surface area contributed by atoms with Crippen LogP contribution in [-0.4, -0.2) is 40.8 Å². The molecular formula is C62H96O4P2. The van der Waals surface area contributed by atoms with Crippen molar-refractivity contribution < 1.29 is 18.9 Å². The van der Waals surface area contributed by atoms with Crippen molar-refractivity contribution >= 4 is 37.1 Å². The van der Waals surface area contributed by atoms with Crippen LogP contribution >= 0.6 is 15.8 Å². The molecule has 0 saturated heterocycles. The summed E-state index contributed by atoms with van der Waals surface area (Å²) in [6, 6.07) is 20.2. The smallest absolute Gasteiger partial charge is 0.126 e. The van der Waals surface area contributed by atoms with E-state index in [1.807, 2.05) is 28.4 Å². The third-order valence-electron chi connectivity index (χ3n) is 13.4. The van der Waals surface area contributed by atoms with Gasteiger partial charge in [0.1, 0.15) is 23.0 Å². The van der Waals surface area contributed by atoms with Crippen LogP contribution in [0.3, 0.4) is 0 Å². The molecule has 68 heavy (non-hydrogen) atoms. The molecular weight excluding hydrogens is 871 g/mol. The minimum atomic E-state index is -0.936. The van der Waals surface area contributed by atoms with Gasteiger partial charge in [-0.15, -0.1) is 0 Å². The topological polar surface area (TPSA) is 36.9 Å². The summed E-state index contributed by atoms with van der Waals surface area (Å²) in [5.74, 6) is 4.04. The fourth-order valence-electron chi connectivity index (χ4n) is 9.43. The van der Waals surface area contributed by atoms with Crippen molar-refractivity contribution in [2.24, 2.45) is 0 Å². The summed E-state index contributed by atoms with van der Waals surface area (Å²) in [4.78, 5) is 0. The second-order valence-electron chi connectivity index (χ2n) is 27.6. The van der Waals surface area contributed by atoms with Gasteiger partial charge in [-0.2, -0.15) is 0 Å². The lowest BCUT2D eigenvalue weighted by molar-refractivity contribution is 0.381. The number of rotatable bonds is 11. The van der Waals surface area contributed by atoms with E-state index in [1.165, 1.54) is 65.7 Å². The molecule has 0 bridgehead atoms. The Labute approximate surface area is 420 Å².